The van der Waals surface area contributed by atoms with Gasteiger partial charge in [-0.1, -0.05) is 52.3 Å². The zero-order valence-corrected chi connectivity index (χ0v) is 26.2. The van der Waals surface area contributed by atoms with Crippen molar-refractivity contribution in [2.24, 2.45) is 0 Å². The Kier molecular flexibility index (Phi) is 9.89. The van der Waals surface area contributed by atoms with Gasteiger partial charge < -0.3 is 19.3 Å². The maximum atomic E-state index is 13.3. The number of para-hydroxylation sites is 1. The predicted octanol–water partition coefficient (Wildman–Crippen LogP) is 6.15. The van der Waals surface area contributed by atoms with Gasteiger partial charge in [0.1, 0.15) is 13.2 Å². The molecule has 0 bridgehead atoms. The van der Waals surface area contributed by atoms with Crippen molar-refractivity contribution in [1.82, 2.24) is 9.80 Å². The highest BCUT2D eigenvalue weighted by Gasteiger charge is 2.37. The summed E-state index contributed by atoms with van der Waals surface area (Å²) in [5.41, 5.74) is 3.63. The van der Waals surface area contributed by atoms with Crippen molar-refractivity contribution in [3.63, 3.8) is 0 Å². The summed E-state index contributed by atoms with van der Waals surface area (Å²) in [5.74, 6) is 0.379. The molecule has 10 heteroatoms. The Morgan fingerprint density at radius 1 is 1.02 bits per heavy atom. The quantitative estimate of drug-likeness (QED) is 0.190. The molecule has 0 aliphatic carbocycles. The molecule has 0 saturated carbocycles. The van der Waals surface area contributed by atoms with Crippen molar-refractivity contribution in [2.75, 3.05) is 44.7 Å². The van der Waals surface area contributed by atoms with Gasteiger partial charge in [-0.3, -0.25) is 19.3 Å². The van der Waals surface area contributed by atoms with Crippen LogP contribution in [-0.4, -0.2) is 66.7 Å². The van der Waals surface area contributed by atoms with Gasteiger partial charge >= 0.3 is 0 Å². The maximum absolute atomic E-state index is 13.3. The van der Waals surface area contributed by atoms with E-state index < -0.39 is 11.1 Å². The first-order valence-corrected chi connectivity index (χ1v) is 15.5. The monoisotopic (exact) mass is 661 g/mol. The summed E-state index contributed by atoms with van der Waals surface area (Å²) in [6.07, 6.45) is 3.94. The molecular weight excluding hydrogens is 630 g/mol. The number of piperazine rings is 1. The lowest BCUT2D eigenvalue weighted by atomic mass is 10.0. The van der Waals surface area contributed by atoms with E-state index in [2.05, 4.69) is 27.4 Å². The third-order valence-corrected chi connectivity index (χ3v) is 8.69. The average Bonchev–Trinajstić information content (AvgIpc) is 3.28. The Labute approximate surface area is 264 Å². The smallest absolute Gasteiger partial charge is 0.294 e. The molecule has 0 aromatic heterocycles. The molecule has 0 N–H and O–H groups in total. The molecule has 2 aliphatic rings. The number of thioether (sulfide) groups is 1. The minimum Gasteiger partial charge on any atom is -0.493 e. The van der Waals surface area contributed by atoms with Gasteiger partial charge in [0.25, 0.3) is 11.1 Å². The fourth-order valence-corrected chi connectivity index (χ4v) is 6.10. The van der Waals surface area contributed by atoms with E-state index in [0.717, 1.165) is 37.9 Å². The van der Waals surface area contributed by atoms with Crippen LogP contribution >= 0.6 is 27.7 Å². The van der Waals surface area contributed by atoms with Crippen LogP contribution < -0.4 is 14.4 Å². The molecule has 5 rings (SSSR count). The molecule has 2 aliphatic heterocycles. The second-order valence-electron chi connectivity index (χ2n) is 10.1. The number of methoxy groups -OCH3 is 1. The van der Waals surface area contributed by atoms with Crippen LogP contribution in [0, 0.1) is 0 Å². The number of halogens is 1. The molecule has 2 fully saturated rings. The number of hydrogen-bond donors (Lipinski definition) is 0. The highest BCUT2D eigenvalue weighted by Crippen LogP contribution is 2.37. The van der Waals surface area contributed by atoms with Gasteiger partial charge in [0.15, 0.2) is 11.5 Å². The summed E-state index contributed by atoms with van der Waals surface area (Å²) < 4.78 is 12.8. The van der Waals surface area contributed by atoms with Gasteiger partial charge in [-0.15, -0.1) is 6.58 Å². The van der Waals surface area contributed by atoms with Gasteiger partial charge in [-0.05, 0) is 71.8 Å². The summed E-state index contributed by atoms with van der Waals surface area (Å²) >= 11 is 4.28. The van der Waals surface area contributed by atoms with E-state index in [-0.39, 0.29) is 17.4 Å². The Bertz CT molecular complexity index is 1540. The molecular formula is C33H32BrN3O5S. The molecule has 3 amide bonds. The number of allylic oxidation sites excluding steroid dienone is 1. The Morgan fingerprint density at radius 3 is 2.42 bits per heavy atom. The summed E-state index contributed by atoms with van der Waals surface area (Å²) in [6, 6.07) is 21.6. The SMILES string of the molecule is C=CCc1cc(/C=C2/SC(=O)N(CC(=O)N3CCN(c4ccccc4)CC3)C2=O)cc(OC)c1OCc1ccc(Br)cc1. The number of hydrogen-bond acceptors (Lipinski definition) is 7. The molecule has 0 atom stereocenters. The highest BCUT2D eigenvalue weighted by molar-refractivity contribution is 9.10. The number of carbonyl (C=O) groups excluding carboxylic acids is 3. The lowest BCUT2D eigenvalue weighted by Gasteiger charge is -2.36. The van der Waals surface area contributed by atoms with E-state index in [4.69, 9.17) is 9.47 Å². The molecule has 8 nitrogen and oxygen atoms in total. The van der Waals surface area contributed by atoms with Crippen LogP contribution in [0.25, 0.3) is 6.08 Å². The number of nitrogens with zero attached hydrogens (tertiary/aromatic N) is 3. The van der Waals surface area contributed by atoms with E-state index in [9.17, 15) is 14.4 Å². The topological polar surface area (TPSA) is 79.4 Å². The summed E-state index contributed by atoms with van der Waals surface area (Å²) in [7, 11) is 1.56. The minimum atomic E-state index is -0.480. The van der Waals surface area contributed by atoms with Crippen LogP contribution in [0.5, 0.6) is 11.5 Å². The van der Waals surface area contributed by atoms with Crippen LogP contribution in [0.2, 0.25) is 0 Å². The summed E-state index contributed by atoms with van der Waals surface area (Å²) in [5, 5.41) is -0.458. The number of amides is 3. The van der Waals surface area contributed by atoms with E-state index in [1.54, 1.807) is 30.2 Å². The third-order valence-electron chi connectivity index (χ3n) is 7.25. The lowest BCUT2D eigenvalue weighted by Crippen LogP contribution is -2.51. The van der Waals surface area contributed by atoms with Crippen LogP contribution in [0.15, 0.2) is 88.8 Å². The van der Waals surface area contributed by atoms with Crippen molar-refractivity contribution in [3.8, 4) is 11.5 Å². The normalized spacial score (nSPS) is 16.1. The van der Waals surface area contributed by atoms with Gasteiger partial charge in [-0.25, -0.2) is 0 Å². The average molecular weight is 663 g/mol. The van der Waals surface area contributed by atoms with Gasteiger partial charge in [-0.2, -0.15) is 0 Å². The summed E-state index contributed by atoms with van der Waals surface area (Å²) in [6.45, 7) is 6.38. The minimum absolute atomic E-state index is 0.238. The molecule has 43 heavy (non-hydrogen) atoms. The van der Waals surface area contributed by atoms with E-state index in [0.29, 0.717) is 56.3 Å². The van der Waals surface area contributed by atoms with Crippen molar-refractivity contribution >= 4 is 56.5 Å². The molecule has 2 saturated heterocycles. The number of carbonyl (C=O) groups is 3. The van der Waals surface area contributed by atoms with E-state index >= 15 is 0 Å². The fraction of sp³-hybridized carbons (Fsp3) is 0.242. The third kappa shape index (κ3) is 7.32. The van der Waals surface area contributed by atoms with Gasteiger partial charge in [0.05, 0.1) is 12.0 Å². The van der Waals surface area contributed by atoms with Crippen molar-refractivity contribution < 1.29 is 23.9 Å². The van der Waals surface area contributed by atoms with Crippen LogP contribution in [0.1, 0.15) is 16.7 Å². The first-order valence-electron chi connectivity index (χ1n) is 13.9. The van der Waals surface area contributed by atoms with Crippen molar-refractivity contribution in [2.45, 2.75) is 13.0 Å². The molecule has 0 unspecified atom stereocenters. The first kappa shape index (κ1) is 30.4. The second kappa shape index (κ2) is 14.0. The van der Waals surface area contributed by atoms with Gasteiger partial charge in [0.2, 0.25) is 5.91 Å². The molecule has 2 heterocycles. The Balaban J connectivity index is 1.26. The Hall–Kier alpha value is -4.02. The molecule has 222 valence electrons. The van der Waals surface area contributed by atoms with E-state index in [1.807, 2.05) is 60.7 Å². The molecule has 0 radical (unpaired) electrons. The largest absolute Gasteiger partial charge is 0.493 e. The maximum Gasteiger partial charge on any atom is 0.294 e. The number of rotatable bonds is 10. The Morgan fingerprint density at radius 2 is 1.74 bits per heavy atom. The van der Waals surface area contributed by atoms with Gasteiger partial charge in [0, 0.05) is 41.9 Å². The number of ether oxygens (including phenoxy) is 2. The van der Waals surface area contributed by atoms with E-state index in [1.165, 1.54) is 0 Å². The number of benzene rings is 3. The molecule has 0 spiro atoms. The zero-order valence-electron chi connectivity index (χ0n) is 23.8. The standard InChI is InChI=1S/C33H32BrN3O5S/c1-3-7-25-18-24(19-28(41-2)31(25)42-22-23-10-12-26(34)13-11-23)20-29-32(39)37(33(40)43-29)21-30(38)36-16-14-35(15-17-36)27-8-5-4-6-9-27/h3-6,8-13,18-20H,1,7,14-17,21-22H2,2H3/b29-20+. The van der Waals surface area contributed by atoms with Crippen LogP contribution in [0.4, 0.5) is 10.5 Å². The zero-order chi connectivity index (χ0) is 30.3. The predicted molar refractivity (Wildman–Crippen MR) is 173 cm³/mol. The number of imide groups is 1. The lowest BCUT2D eigenvalue weighted by molar-refractivity contribution is -0.136. The van der Waals surface area contributed by atoms with Crippen LogP contribution in [-0.2, 0) is 22.6 Å². The highest BCUT2D eigenvalue weighted by atomic mass is 79.9. The first-order chi connectivity index (χ1) is 20.9. The summed E-state index contributed by atoms with van der Waals surface area (Å²) in [4.78, 5) is 44.3. The van der Waals surface area contributed by atoms with Crippen molar-refractivity contribution in [3.05, 3.63) is 105 Å². The van der Waals surface area contributed by atoms with Crippen LogP contribution in [0.3, 0.4) is 0 Å². The van der Waals surface area contributed by atoms with Crippen molar-refractivity contribution in [1.29, 1.82) is 0 Å². The second-order valence-corrected chi connectivity index (χ2v) is 12.0. The molecule has 3 aromatic carbocycles. The molecule has 3 aromatic rings. The fourth-order valence-electron chi connectivity index (χ4n) is 5.00. The number of anilines is 1.